The molecule has 1 aliphatic heterocycles. The molecule has 1 aromatic carbocycles. The number of aryl methyl sites for hydroxylation is 1. The third-order valence-corrected chi connectivity index (χ3v) is 5.01. The minimum Gasteiger partial charge on any atom is -0.497 e. The van der Waals surface area contributed by atoms with Gasteiger partial charge in [0.05, 0.1) is 27.3 Å². The zero-order valence-electron chi connectivity index (χ0n) is 15.6. The van der Waals surface area contributed by atoms with Crippen molar-refractivity contribution in [3.63, 3.8) is 0 Å². The Hall–Kier alpha value is -2.12. The van der Waals surface area contributed by atoms with Gasteiger partial charge < -0.3 is 19.7 Å². The Bertz CT molecular complexity index is 674. The summed E-state index contributed by atoms with van der Waals surface area (Å²) in [5.41, 5.74) is 6.77. The molecule has 1 aliphatic rings. The number of nitrogens with two attached hydrogens (primary N) is 1. The standard InChI is InChI=1S/C19H28N4O3/c1-24-16-9-15(10-17(11-16)25-2)4-3-14-5-7-23(8-6-14)13-18-21-19(12-20)26-22-18/h9-11,14H,3-8,12-13,20H2,1-2H3. The van der Waals surface area contributed by atoms with Crippen LogP contribution >= 0.6 is 0 Å². The quantitative estimate of drug-likeness (QED) is 0.773. The summed E-state index contributed by atoms with van der Waals surface area (Å²) < 4.78 is 15.8. The fourth-order valence-electron chi connectivity index (χ4n) is 3.45. The summed E-state index contributed by atoms with van der Waals surface area (Å²) in [7, 11) is 3.38. The molecule has 2 aromatic rings. The maximum absolute atomic E-state index is 5.51. The highest BCUT2D eigenvalue weighted by Crippen LogP contribution is 2.27. The topological polar surface area (TPSA) is 86.6 Å². The van der Waals surface area contributed by atoms with E-state index in [-0.39, 0.29) is 0 Å². The predicted octanol–water partition coefficient (Wildman–Crippen LogP) is 2.39. The van der Waals surface area contributed by atoms with Gasteiger partial charge in [-0.05, 0) is 62.4 Å². The van der Waals surface area contributed by atoms with E-state index in [0.29, 0.717) is 12.4 Å². The molecule has 3 rings (SSSR count). The van der Waals surface area contributed by atoms with Crippen molar-refractivity contribution in [3.8, 4) is 11.5 Å². The van der Waals surface area contributed by atoms with Crippen LogP contribution < -0.4 is 15.2 Å². The SMILES string of the molecule is COc1cc(CCC2CCN(Cc3noc(CN)n3)CC2)cc(OC)c1. The van der Waals surface area contributed by atoms with E-state index in [2.05, 4.69) is 27.2 Å². The van der Waals surface area contributed by atoms with E-state index in [0.717, 1.165) is 49.3 Å². The fraction of sp³-hybridized carbons (Fsp3) is 0.579. The van der Waals surface area contributed by atoms with Gasteiger partial charge in [-0.3, -0.25) is 4.90 Å². The van der Waals surface area contributed by atoms with Crippen LogP contribution in [0.25, 0.3) is 0 Å². The fourth-order valence-corrected chi connectivity index (χ4v) is 3.45. The number of methoxy groups -OCH3 is 2. The van der Waals surface area contributed by atoms with Crippen LogP contribution in [0.3, 0.4) is 0 Å². The number of piperidine rings is 1. The Morgan fingerprint density at radius 2 is 1.85 bits per heavy atom. The van der Waals surface area contributed by atoms with Gasteiger partial charge in [0.1, 0.15) is 11.5 Å². The molecule has 0 amide bonds. The Morgan fingerprint density at radius 1 is 1.15 bits per heavy atom. The Labute approximate surface area is 154 Å². The van der Waals surface area contributed by atoms with Crippen LogP contribution in [0.4, 0.5) is 0 Å². The third-order valence-electron chi connectivity index (χ3n) is 5.01. The first-order valence-corrected chi connectivity index (χ1v) is 9.16. The van der Waals surface area contributed by atoms with Crippen molar-refractivity contribution in [2.45, 2.75) is 38.8 Å². The zero-order chi connectivity index (χ0) is 18.4. The number of nitrogens with zero attached hydrogens (tertiary/aromatic N) is 3. The smallest absolute Gasteiger partial charge is 0.240 e. The lowest BCUT2D eigenvalue weighted by atomic mass is 9.90. The predicted molar refractivity (Wildman–Crippen MR) is 98.1 cm³/mol. The monoisotopic (exact) mass is 360 g/mol. The minimum atomic E-state index is 0.296. The van der Waals surface area contributed by atoms with Crippen molar-refractivity contribution in [2.75, 3.05) is 27.3 Å². The molecule has 0 spiro atoms. The van der Waals surface area contributed by atoms with Crippen molar-refractivity contribution in [1.29, 1.82) is 0 Å². The van der Waals surface area contributed by atoms with Crippen LogP contribution in [-0.4, -0.2) is 42.3 Å². The lowest BCUT2D eigenvalue weighted by Crippen LogP contribution is -2.33. The van der Waals surface area contributed by atoms with Gasteiger partial charge in [0.2, 0.25) is 5.89 Å². The van der Waals surface area contributed by atoms with Gasteiger partial charge in [0, 0.05) is 6.07 Å². The molecule has 142 valence electrons. The molecule has 1 aromatic heterocycles. The molecular weight excluding hydrogens is 332 g/mol. The van der Waals surface area contributed by atoms with Crippen molar-refractivity contribution in [1.82, 2.24) is 15.0 Å². The number of likely N-dealkylation sites (tertiary alicyclic amines) is 1. The molecule has 0 unspecified atom stereocenters. The highest BCUT2D eigenvalue weighted by atomic mass is 16.5. The van der Waals surface area contributed by atoms with E-state index in [4.69, 9.17) is 19.7 Å². The molecule has 2 N–H and O–H groups in total. The molecule has 0 saturated carbocycles. The summed E-state index contributed by atoms with van der Waals surface area (Å²) in [6.45, 7) is 3.17. The van der Waals surface area contributed by atoms with Crippen LogP contribution in [0.2, 0.25) is 0 Å². The maximum atomic E-state index is 5.51. The van der Waals surface area contributed by atoms with Gasteiger partial charge in [-0.2, -0.15) is 4.98 Å². The van der Waals surface area contributed by atoms with Gasteiger partial charge >= 0.3 is 0 Å². The average molecular weight is 360 g/mol. The van der Waals surface area contributed by atoms with Gasteiger partial charge in [-0.15, -0.1) is 0 Å². The number of aromatic nitrogens is 2. The largest absolute Gasteiger partial charge is 0.497 e. The average Bonchev–Trinajstić information content (AvgIpc) is 3.14. The summed E-state index contributed by atoms with van der Waals surface area (Å²) in [4.78, 5) is 6.67. The first-order valence-electron chi connectivity index (χ1n) is 9.16. The molecular formula is C19H28N4O3. The lowest BCUT2D eigenvalue weighted by molar-refractivity contribution is 0.167. The normalized spacial score (nSPS) is 16.0. The van der Waals surface area contributed by atoms with E-state index >= 15 is 0 Å². The van der Waals surface area contributed by atoms with Gasteiger partial charge in [0.15, 0.2) is 5.82 Å². The van der Waals surface area contributed by atoms with Crippen LogP contribution in [0.5, 0.6) is 11.5 Å². The first kappa shape index (κ1) is 18.7. The number of rotatable bonds is 8. The van der Waals surface area contributed by atoms with E-state index in [1.54, 1.807) is 14.2 Å². The lowest BCUT2D eigenvalue weighted by Gasteiger charge is -2.31. The van der Waals surface area contributed by atoms with Crippen molar-refractivity contribution < 1.29 is 14.0 Å². The highest BCUT2D eigenvalue weighted by molar-refractivity contribution is 5.38. The molecule has 1 saturated heterocycles. The maximum Gasteiger partial charge on any atom is 0.240 e. The summed E-state index contributed by atoms with van der Waals surface area (Å²) in [5, 5.41) is 3.98. The van der Waals surface area contributed by atoms with E-state index in [9.17, 15) is 0 Å². The Kier molecular flexibility index (Phi) is 6.46. The molecule has 0 bridgehead atoms. The first-order chi connectivity index (χ1) is 12.7. The highest BCUT2D eigenvalue weighted by Gasteiger charge is 2.20. The van der Waals surface area contributed by atoms with Crippen LogP contribution in [-0.2, 0) is 19.5 Å². The van der Waals surface area contributed by atoms with Gasteiger partial charge in [-0.1, -0.05) is 5.16 Å². The summed E-state index contributed by atoms with van der Waals surface area (Å²) in [6, 6.07) is 6.11. The Balaban J connectivity index is 1.45. The van der Waals surface area contributed by atoms with E-state index in [1.165, 1.54) is 24.8 Å². The van der Waals surface area contributed by atoms with Crippen LogP contribution in [0, 0.1) is 5.92 Å². The molecule has 7 heteroatoms. The molecule has 7 nitrogen and oxygen atoms in total. The molecule has 1 fully saturated rings. The second-order valence-corrected chi connectivity index (χ2v) is 6.79. The number of ether oxygens (including phenoxy) is 2. The van der Waals surface area contributed by atoms with Crippen molar-refractivity contribution in [3.05, 3.63) is 35.5 Å². The van der Waals surface area contributed by atoms with Crippen molar-refractivity contribution >= 4 is 0 Å². The van der Waals surface area contributed by atoms with Crippen LogP contribution in [0.15, 0.2) is 22.7 Å². The summed E-state index contributed by atoms with van der Waals surface area (Å²) >= 11 is 0. The molecule has 26 heavy (non-hydrogen) atoms. The van der Waals surface area contributed by atoms with Crippen molar-refractivity contribution in [2.24, 2.45) is 11.7 Å². The van der Waals surface area contributed by atoms with Gasteiger partial charge in [0.25, 0.3) is 0 Å². The molecule has 2 heterocycles. The minimum absolute atomic E-state index is 0.296. The number of benzene rings is 1. The molecule has 0 radical (unpaired) electrons. The number of hydrogen-bond acceptors (Lipinski definition) is 7. The second-order valence-electron chi connectivity index (χ2n) is 6.79. The zero-order valence-corrected chi connectivity index (χ0v) is 15.6. The molecule has 0 atom stereocenters. The third kappa shape index (κ3) is 4.95. The van der Waals surface area contributed by atoms with Gasteiger partial charge in [-0.25, -0.2) is 0 Å². The summed E-state index contributed by atoms with van der Waals surface area (Å²) in [5.74, 6) is 3.68. The molecule has 0 aliphatic carbocycles. The van der Waals surface area contributed by atoms with E-state index < -0.39 is 0 Å². The number of hydrogen-bond donors (Lipinski definition) is 1. The summed E-state index contributed by atoms with van der Waals surface area (Å²) in [6.07, 6.45) is 4.62. The Morgan fingerprint density at radius 3 is 2.42 bits per heavy atom. The van der Waals surface area contributed by atoms with Crippen LogP contribution in [0.1, 0.15) is 36.5 Å². The second kappa shape index (κ2) is 9.00. The van der Waals surface area contributed by atoms with E-state index in [1.807, 2.05) is 6.07 Å².